The number of aromatic amines is 1. The number of aromatic nitrogens is 14. The maximum absolute atomic E-state index is 13.8. The number of para-hydroxylation sites is 2. The van der Waals surface area contributed by atoms with E-state index in [4.69, 9.17) is 28.4 Å². The lowest BCUT2D eigenvalue weighted by molar-refractivity contribution is -0.119. The standard InChI is InChI=1S/C30H33N7O4.C20H22N6O2.C20H24N4O3.C19H22N4O3.C13H19N3O3/c1-5-30-16-31-22(19(30)4)27(41-30)36-17-32-23-24(36)33-28(34-25(38)18(2)3)35-26(23)40-29(39)37(20-12-8-6-9-13-20)21-14-10-7-11-15-21;1-3-20-9-21-14(12(20)2)19(28-20)26-11-24-15-16(22-10-23-17(15)26)25-18(27)13-7-5-4-6-8-13;1-4-20-11-21-15(13(20)3)18(27-20)24-10-12(2)16(23-19(24)26)22-17(25)14-8-6-5-7-9-14;1-3-19-11-20-15(12(19)2)17(26-19)23-10-9-14(22-18(23)25)21-16(24)13-7-5-4-6-8-13;1-4-13-6-14-9(8(13)3)11(19-13)16-5-7(2)10(17)15-12(16)18/h6-15,17-19,22,27,31H,5,16H2,1-4H3,(H,33,34,35,38);4-8,10-12,14,19,21H,3,9H2,1-2H3,(H,22,23,25,27);5-10,13,15,18,21H,4,11H2,1-3H3,(H,22,23,25,26);4-10,12,15,17,20H,3,11H2,1-2H3,(H,21,22,24,25);5,8-9,11,14H,4,6H2,1-3H3,(H,15,17,18)/t19-,22+,27+,30-;12-,14+,19+,20-;13-,15+,18+,20-;12-,15+,17+,19-;8-,9+,11+,13-/m00000/s1. The van der Waals surface area contributed by atoms with E-state index >= 15 is 0 Å². The summed E-state index contributed by atoms with van der Waals surface area (Å²) in [5.41, 5.74) is 3.24. The first-order valence-corrected chi connectivity index (χ1v) is 48.4. The number of carbonyl (C=O) groups excluding carboxylic acids is 5. The van der Waals surface area contributed by atoms with Crippen molar-refractivity contribution >= 4 is 86.8 Å². The van der Waals surface area contributed by atoms with Gasteiger partial charge in [0.25, 0.3) is 29.2 Å². The van der Waals surface area contributed by atoms with E-state index in [-0.39, 0.29) is 159 Å². The van der Waals surface area contributed by atoms with E-state index in [1.807, 2.05) is 107 Å². The highest BCUT2D eigenvalue weighted by Crippen LogP contribution is 2.53. The monoisotopic (exact) mass is 1920 g/mol. The van der Waals surface area contributed by atoms with E-state index in [0.717, 1.165) is 64.8 Å². The van der Waals surface area contributed by atoms with Crippen molar-refractivity contribution in [1.29, 1.82) is 0 Å². The van der Waals surface area contributed by atoms with Crippen molar-refractivity contribution in [2.24, 2.45) is 35.5 Å². The summed E-state index contributed by atoms with van der Waals surface area (Å²) in [4.78, 5) is 151. The number of fused-ring (bicyclic) bond motifs is 12. The van der Waals surface area contributed by atoms with E-state index in [0.29, 0.717) is 85.5 Å². The number of H-pyrrole nitrogens is 1. The molecule has 0 aliphatic carbocycles. The van der Waals surface area contributed by atoms with Crippen LogP contribution in [0.4, 0.5) is 39.6 Å². The Morgan fingerprint density at radius 2 is 0.809 bits per heavy atom. The Hall–Kier alpha value is -13.6. The van der Waals surface area contributed by atoms with E-state index < -0.39 is 23.2 Å². The molecule has 39 heteroatoms. The summed E-state index contributed by atoms with van der Waals surface area (Å²) in [6, 6.07) is 47.2. The predicted molar refractivity (Wildman–Crippen MR) is 527 cm³/mol. The zero-order chi connectivity index (χ0) is 99.3. The number of amides is 5. The Labute approximate surface area is 812 Å². The van der Waals surface area contributed by atoms with Crippen molar-refractivity contribution < 1.29 is 52.4 Å². The number of aryl methyl sites for hydroxylation is 2. The van der Waals surface area contributed by atoms with Crippen LogP contribution in [-0.2, 0) is 28.5 Å². The fraction of sp³-hybridized carbons (Fsp3) is 0.441. The Morgan fingerprint density at radius 3 is 1.23 bits per heavy atom. The summed E-state index contributed by atoms with van der Waals surface area (Å²) in [5, 5.41) is 28.5. The molecule has 0 radical (unpaired) electrons. The molecule has 10 bridgehead atoms. The minimum Gasteiger partial charge on any atom is -0.388 e. The van der Waals surface area contributed by atoms with Gasteiger partial charge in [-0.2, -0.15) is 19.9 Å². The lowest BCUT2D eigenvalue weighted by atomic mass is 9.88. The van der Waals surface area contributed by atoms with Crippen LogP contribution >= 0.6 is 0 Å². The molecule has 0 unspecified atom stereocenters. The number of nitrogens with zero attached hydrogens (tertiary/aromatic N) is 14. The molecule has 20 atom stereocenters. The fourth-order valence-electron chi connectivity index (χ4n) is 21.5. The third-order valence-corrected chi connectivity index (χ3v) is 30.5. The van der Waals surface area contributed by atoms with Gasteiger partial charge in [0, 0.05) is 115 Å². The molecule has 7 aromatic heterocycles. The first-order chi connectivity index (χ1) is 67.9. The quantitative estimate of drug-likeness (QED) is 0.0319. The third kappa shape index (κ3) is 18.2. The summed E-state index contributed by atoms with van der Waals surface area (Å²) in [6.07, 6.45) is 11.9. The molecule has 10 aliphatic heterocycles. The first kappa shape index (κ1) is 97.6. The summed E-state index contributed by atoms with van der Waals surface area (Å²) in [7, 11) is 0. The minimum absolute atomic E-state index is 0.0149. The zero-order valence-electron chi connectivity index (χ0n) is 81.2. The van der Waals surface area contributed by atoms with Crippen LogP contribution in [0.1, 0.15) is 189 Å². The molecule has 10 N–H and O–H groups in total. The van der Waals surface area contributed by atoms with Gasteiger partial charge in [-0.1, -0.05) is 174 Å². The largest absolute Gasteiger partial charge is 0.425 e. The fourth-order valence-corrected chi connectivity index (χ4v) is 21.5. The SMILES string of the molecule is CC[C@@]12CN[C@@H]([C@H](n3cc(C)c(=O)[nH]c3=O)O1)[C@@H]2C.CC[C@@]12CN[C@@H]([C@H](n3cc(C)c(NC(=O)c4ccccc4)nc3=O)O1)[C@@H]2C.CC[C@@]12CN[C@@H]([C@H](n3ccc(NC(=O)c4ccccc4)nc3=O)O1)[C@@H]2C.CC[C@@]12CN[C@@H]([C@H](n3cnc4c(NC(=O)c5ccccc5)ncnc43)O1)[C@@H]2C.CC[C@@]12CN[C@@H]([C@H](n3cnc4c(OC(=O)N(c5ccccc5)c5ccccc5)nc(NC(=O)C(C)C)nc43)O1)[C@@H]2C. The summed E-state index contributed by atoms with van der Waals surface area (Å²) < 4.78 is 46.0. The van der Waals surface area contributed by atoms with Gasteiger partial charge in [-0.15, -0.1) is 0 Å². The number of benzene rings is 5. The lowest BCUT2D eigenvalue weighted by Crippen LogP contribution is -2.46. The van der Waals surface area contributed by atoms with Crippen molar-refractivity contribution in [3.05, 3.63) is 265 Å². The van der Waals surface area contributed by atoms with Gasteiger partial charge in [0.05, 0.1) is 82.2 Å². The Balaban J connectivity index is 0.000000119. The van der Waals surface area contributed by atoms with Gasteiger partial charge < -0.3 is 71.0 Å². The normalized spacial score (nSPS) is 28.5. The van der Waals surface area contributed by atoms with E-state index in [1.54, 1.807) is 119 Å². The lowest BCUT2D eigenvalue weighted by Gasteiger charge is -2.32. The number of rotatable bonds is 21. The molecule has 22 rings (SSSR count). The molecule has 141 heavy (non-hydrogen) atoms. The Kier molecular flexibility index (Phi) is 27.6. The topological polar surface area (TPSA) is 464 Å². The van der Waals surface area contributed by atoms with Crippen molar-refractivity contribution in [2.45, 2.75) is 218 Å². The molecule has 10 aliphatic rings. The van der Waals surface area contributed by atoms with Crippen LogP contribution < -0.4 is 80.1 Å². The van der Waals surface area contributed by atoms with Gasteiger partial charge in [-0.3, -0.25) is 57.1 Å². The van der Waals surface area contributed by atoms with Crippen LogP contribution in [-0.4, -0.2) is 188 Å². The van der Waals surface area contributed by atoms with Crippen molar-refractivity contribution in [1.82, 2.24) is 94.3 Å². The number of nitrogens with one attached hydrogen (secondary N) is 10. The minimum atomic E-state index is -0.686. The summed E-state index contributed by atoms with van der Waals surface area (Å²) in [6.45, 7) is 32.6. The van der Waals surface area contributed by atoms with Crippen LogP contribution in [0, 0.1) is 49.4 Å². The predicted octanol–water partition coefficient (Wildman–Crippen LogP) is 11.4. The van der Waals surface area contributed by atoms with E-state index in [2.05, 4.69) is 162 Å². The number of morpholine rings is 5. The molecule has 17 heterocycles. The van der Waals surface area contributed by atoms with Crippen LogP contribution in [0.15, 0.2) is 214 Å². The maximum atomic E-state index is 13.8. The Bertz CT molecular complexity index is 6850. The molecule has 0 saturated carbocycles. The number of ether oxygens (including phenoxy) is 6. The van der Waals surface area contributed by atoms with Gasteiger partial charge in [-0.05, 0) is 113 Å². The maximum Gasteiger partial charge on any atom is 0.425 e. The molecule has 39 nitrogen and oxygen atoms in total. The number of hydrogen-bond donors (Lipinski definition) is 10. The number of carbonyl (C=O) groups is 5. The van der Waals surface area contributed by atoms with Crippen molar-refractivity contribution in [2.75, 3.05) is 58.9 Å². The average Bonchev–Trinajstić information content (AvgIpc) is 1.60. The molecule has 10 fully saturated rings. The van der Waals surface area contributed by atoms with E-state index in [9.17, 15) is 43.2 Å². The van der Waals surface area contributed by atoms with E-state index in [1.165, 1.54) is 24.9 Å². The van der Waals surface area contributed by atoms with Crippen molar-refractivity contribution in [3.63, 3.8) is 0 Å². The molecular weight excluding hydrogens is 1800 g/mol. The van der Waals surface area contributed by atoms with Gasteiger partial charge in [-0.25, -0.2) is 44.0 Å². The second kappa shape index (κ2) is 39.8. The molecule has 12 aromatic rings. The molecule has 5 amide bonds. The van der Waals surface area contributed by atoms with Gasteiger partial charge >= 0.3 is 23.2 Å². The van der Waals surface area contributed by atoms with Crippen LogP contribution in [0.25, 0.3) is 22.3 Å². The molecule has 10 saturated heterocycles. The summed E-state index contributed by atoms with van der Waals surface area (Å²) in [5.74, 6) is 1.13. The smallest absolute Gasteiger partial charge is 0.388 e. The molecular formula is C102H120N24O15. The highest BCUT2D eigenvalue weighted by atomic mass is 16.6. The van der Waals surface area contributed by atoms with Gasteiger partial charge in [0.2, 0.25) is 11.9 Å². The number of hydrogen-bond acceptors (Lipinski definition) is 28. The van der Waals surface area contributed by atoms with Crippen molar-refractivity contribution in [3.8, 4) is 5.88 Å². The van der Waals surface area contributed by atoms with Crippen LogP contribution in [0.5, 0.6) is 5.88 Å². The van der Waals surface area contributed by atoms with Gasteiger partial charge in [0.1, 0.15) is 18.0 Å². The highest BCUT2D eigenvalue weighted by molar-refractivity contribution is 6.07. The molecule has 0 spiro atoms. The zero-order valence-corrected chi connectivity index (χ0v) is 81.2. The summed E-state index contributed by atoms with van der Waals surface area (Å²) >= 11 is 0. The number of anilines is 6. The second-order valence-electron chi connectivity index (χ2n) is 38.3. The highest BCUT2D eigenvalue weighted by Gasteiger charge is 2.62. The van der Waals surface area contributed by atoms with Gasteiger partial charge in [0.15, 0.2) is 59.3 Å². The number of imidazole rings is 2. The second-order valence-corrected chi connectivity index (χ2v) is 38.3. The Morgan fingerprint density at radius 1 is 0.426 bits per heavy atom. The molecule has 5 aromatic carbocycles. The average molecular weight is 1920 g/mol. The molecule has 738 valence electrons. The third-order valence-electron chi connectivity index (χ3n) is 30.5. The first-order valence-electron chi connectivity index (χ1n) is 48.4. The van der Waals surface area contributed by atoms with Crippen LogP contribution in [0.3, 0.4) is 0 Å². The van der Waals surface area contributed by atoms with Crippen LogP contribution in [0.2, 0.25) is 0 Å².